The van der Waals surface area contributed by atoms with E-state index in [0.29, 0.717) is 52.6 Å². The molecule has 0 spiro atoms. The van der Waals surface area contributed by atoms with Gasteiger partial charge in [-0.2, -0.15) is 0 Å². The number of ether oxygens (including phenoxy) is 1. The molecule has 4 rings (SSSR count). The Balaban J connectivity index is 1.75. The third-order valence-electron chi connectivity index (χ3n) is 4.68. The molecule has 0 aliphatic carbocycles. The predicted octanol–water partition coefficient (Wildman–Crippen LogP) is 5.67. The van der Waals surface area contributed by atoms with E-state index in [0.717, 1.165) is 22.1 Å². The quantitative estimate of drug-likeness (QED) is 0.508. The molecule has 0 N–H and O–H groups in total. The van der Waals surface area contributed by atoms with Gasteiger partial charge in [-0.1, -0.05) is 47.8 Å². The van der Waals surface area contributed by atoms with Crippen LogP contribution in [0.15, 0.2) is 39.5 Å². The van der Waals surface area contributed by atoms with Gasteiger partial charge in [-0.3, -0.25) is 4.90 Å². The van der Waals surface area contributed by atoms with Gasteiger partial charge in [0, 0.05) is 34.6 Å². The van der Waals surface area contributed by atoms with Crippen molar-refractivity contribution in [3.63, 3.8) is 0 Å². The van der Waals surface area contributed by atoms with Crippen LogP contribution in [0, 0.1) is 0 Å². The van der Waals surface area contributed by atoms with E-state index in [9.17, 15) is 4.79 Å². The molecule has 1 aliphatic rings. The standard InChI is InChI=1S/C20H16Cl3NO3/c1-2-11-5-18(25)27-19-14(11)7-17(23)20-15(19)9-24(10-26-20)8-12-3-4-13(21)6-16(12)22/h3-7H,2,8-10H2,1H3. The summed E-state index contributed by atoms with van der Waals surface area (Å²) in [5.74, 6) is 0.569. The fraction of sp³-hybridized carbons (Fsp3) is 0.250. The molecular weight excluding hydrogens is 409 g/mol. The third-order valence-corrected chi connectivity index (χ3v) is 5.55. The molecule has 7 heteroatoms. The molecule has 4 nitrogen and oxygen atoms in total. The van der Waals surface area contributed by atoms with Crippen LogP contribution in [0.3, 0.4) is 0 Å². The van der Waals surface area contributed by atoms with Gasteiger partial charge in [0.1, 0.15) is 18.1 Å². The van der Waals surface area contributed by atoms with Crippen molar-refractivity contribution in [1.29, 1.82) is 0 Å². The zero-order valence-corrected chi connectivity index (χ0v) is 16.8. The Bertz CT molecular complexity index is 1090. The lowest BCUT2D eigenvalue weighted by Crippen LogP contribution is -2.32. The summed E-state index contributed by atoms with van der Waals surface area (Å²) in [6.45, 7) is 3.45. The number of hydrogen-bond donors (Lipinski definition) is 0. The van der Waals surface area contributed by atoms with Crippen molar-refractivity contribution in [2.24, 2.45) is 0 Å². The Hall–Kier alpha value is -1.72. The summed E-state index contributed by atoms with van der Waals surface area (Å²) in [6, 6.07) is 8.74. The Morgan fingerprint density at radius 3 is 2.63 bits per heavy atom. The van der Waals surface area contributed by atoms with Crippen molar-refractivity contribution in [3.05, 3.63) is 72.5 Å². The average Bonchev–Trinajstić information content (AvgIpc) is 2.64. The van der Waals surface area contributed by atoms with Crippen LogP contribution in [0.2, 0.25) is 15.1 Å². The minimum atomic E-state index is -0.373. The van der Waals surface area contributed by atoms with Crippen LogP contribution < -0.4 is 10.4 Å². The molecule has 0 bridgehead atoms. The van der Waals surface area contributed by atoms with Crippen LogP contribution in [0.25, 0.3) is 11.0 Å². The summed E-state index contributed by atoms with van der Waals surface area (Å²) < 4.78 is 11.4. The van der Waals surface area contributed by atoms with Crippen LogP contribution in [0.1, 0.15) is 23.6 Å². The highest BCUT2D eigenvalue weighted by Gasteiger charge is 2.25. The van der Waals surface area contributed by atoms with Crippen LogP contribution >= 0.6 is 34.8 Å². The lowest BCUT2D eigenvalue weighted by molar-refractivity contribution is 0.0891. The predicted molar refractivity (Wildman–Crippen MR) is 108 cm³/mol. The number of aryl methyl sites for hydroxylation is 1. The number of benzene rings is 2. The Morgan fingerprint density at radius 2 is 1.89 bits per heavy atom. The van der Waals surface area contributed by atoms with Crippen LogP contribution in [-0.2, 0) is 19.5 Å². The Labute approximate surface area is 171 Å². The van der Waals surface area contributed by atoms with E-state index in [-0.39, 0.29) is 5.63 Å². The fourth-order valence-electron chi connectivity index (χ4n) is 3.38. The molecule has 0 saturated carbocycles. The van der Waals surface area contributed by atoms with Gasteiger partial charge in [-0.25, -0.2) is 4.79 Å². The summed E-state index contributed by atoms with van der Waals surface area (Å²) in [7, 11) is 0. The lowest BCUT2D eigenvalue weighted by atomic mass is 10.0. The lowest BCUT2D eigenvalue weighted by Gasteiger charge is -2.30. The SMILES string of the molecule is CCc1cc(=O)oc2c3c(c(Cl)cc12)OCN(Cc1ccc(Cl)cc1Cl)C3. The highest BCUT2D eigenvalue weighted by molar-refractivity contribution is 6.35. The minimum absolute atomic E-state index is 0.356. The van der Waals surface area contributed by atoms with Crippen LogP contribution in [0.4, 0.5) is 0 Å². The second kappa shape index (κ2) is 7.36. The smallest absolute Gasteiger partial charge is 0.336 e. The monoisotopic (exact) mass is 423 g/mol. The minimum Gasteiger partial charge on any atom is -0.476 e. The van der Waals surface area contributed by atoms with Gasteiger partial charge in [0.25, 0.3) is 0 Å². The third kappa shape index (κ3) is 3.55. The number of nitrogens with zero attached hydrogens (tertiary/aromatic N) is 1. The van der Waals surface area contributed by atoms with E-state index in [1.165, 1.54) is 6.07 Å². The van der Waals surface area contributed by atoms with Gasteiger partial charge in [0.15, 0.2) is 0 Å². The van der Waals surface area contributed by atoms with Crippen molar-refractivity contribution in [2.75, 3.05) is 6.73 Å². The summed E-state index contributed by atoms with van der Waals surface area (Å²) in [4.78, 5) is 14.1. The molecule has 1 aliphatic heterocycles. The number of fused-ring (bicyclic) bond motifs is 3. The van der Waals surface area contributed by atoms with E-state index in [1.54, 1.807) is 12.1 Å². The van der Waals surface area contributed by atoms with Gasteiger partial charge in [0.05, 0.1) is 10.6 Å². The van der Waals surface area contributed by atoms with Gasteiger partial charge in [-0.15, -0.1) is 0 Å². The van der Waals surface area contributed by atoms with Gasteiger partial charge >= 0.3 is 5.63 Å². The second-order valence-corrected chi connectivity index (χ2v) is 7.73. The maximum atomic E-state index is 12.0. The van der Waals surface area contributed by atoms with Crippen molar-refractivity contribution in [2.45, 2.75) is 26.4 Å². The van der Waals surface area contributed by atoms with Crippen molar-refractivity contribution < 1.29 is 9.15 Å². The van der Waals surface area contributed by atoms with Crippen LogP contribution in [0.5, 0.6) is 5.75 Å². The maximum Gasteiger partial charge on any atom is 0.336 e. The zero-order chi connectivity index (χ0) is 19.1. The van der Waals surface area contributed by atoms with Crippen LogP contribution in [-0.4, -0.2) is 11.6 Å². The van der Waals surface area contributed by atoms with Crippen molar-refractivity contribution in [3.8, 4) is 5.75 Å². The first-order valence-electron chi connectivity index (χ1n) is 8.53. The molecule has 0 atom stereocenters. The van der Waals surface area contributed by atoms with E-state index in [1.807, 2.05) is 19.1 Å². The molecule has 27 heavy (non-hydrogen) atoms. The first-order chi connectivity index (χ1) is 13.0. The largest absolute Gasteiger partial charge is 0.476 e. The zero-order valence-electron chi connectivity index (χ0n) is 14.5. The maximum absolute atomic E-state index is 12.0. The molecule has 0 amide bonds. The molecule has 3 aromatic rings. The van der Waals surface area contributed by atoms with E-state index in [2.05, 4.69) is 4.90 Å². The molecule has 1 aromatic heterocycles. The molecular formula is C20H16Cl3NO3. The molecule has 2 heterocycles. The first-order valence-corrected chi connectivity index (χ1v) is 9.67. The molecule has 0 unspecified atom stereocenters. The Kier molecular flexibility index (Phi) is 5.08. The summed E-state index contributed by atoms with van der Waals surface area (Å²) in [5.41, 5.74) is 2.78. The highest BCUT2D eigenvalue weighted by Crippen LogP contribution is 2.39. The van der Waals surface area contributed by atoms with Crippen molar-refractivity contribution >= 4 is 45.8 Å². The summed E-state index contributed by atoms with van der Waals surface area (Å²) in [5, 5.41) is 2.56. The molecule has 0 radical (unpaired) electrons. The highest BCUT2D eigenvalue weighted by atomic mass is 35.5. The number of hydrogen-bond acceptors (Lipinski definition) is 4. The molecule has 2 aromatic carbocycles. The van der Waals surface area contributed by atoms with Gasteiger partial charge in [0.2, 0.25) is 0 Å². The molecule has 0 fully saturated rings. The van der Waals surface area contributed by atoms with Gasteiger partial charge < -0.3 is 9.15 Å². The molecule has 140 valence electrons. The normalized spacial score (nSPS) is 14.2. The van der Waals surface area contributed by atoms with Gasteiger partial charge in [-0.05, 0) is 35.7 Å². The van der Waals surface area contributed by atoms with E-state index < -0.39 is 0 Å². The topological polar surface area (TPSA) is 42.7 Å². The van der Waals surface area contributed by atoms with E-state index in [4.69, 9.17) is 44.0 Å². The second-order valence-electron chi connectivity index (χ2n) is 6.48. The average molecular weight is 425 g/mol. The van der Waals surface area contributed by atoms with E-state index >= 15 is 0 Å². The first kappa shape index (κ1) is 18.6. The van der Waals surface area contributed by atoms with Crippen molar-refractivity contribution in [1.82, 2.24) is 4.90 Å². The Morgan fingerprint density at radius 1 is 1.07 bits per heavy atom. The number of rotatable bonds is 3. The fourth-order valence-corrected chi connectivity index (χ4v) is 4.13. The summed E-state index contributed by atoms with van der Waals surface area (Å²) in [6.07, 6.45) is 0.710. The summed E-state index contributed by atoms with van der Waals surface area (Å²) >= 11 is 18.7. The molecule has 0 saturated heterocycles. The number of halogens is 3.